The molecule has 0 heterocycles. The lowest BCUT2D eigenvalue weighted by Gasteiger charge is -2.35. The van der Waals surface area contributed by atoms with E-state index in [0.717, 1.165) is 53.1 Å². The molecule has 4 aromatic rings. The molecule has 1 saturated carbocycles. The molecule has 0 aliphatic heterocycles. The number of carbonyl (C=O) groups excluding carboxylic acids is 2. The van der Waals surface area contributed by atoms with Crippen LogP contribution < -0.4 is 23.8 Å². The van der Waals surface area contributed by atoms with Gasteiger partial charge in [-0.3, -0.25) is 13.9 Å². The highest BCUT2D eigenvalue weighted by molar-refractivity contribution is 7.92. The molecular weight excluding hydrogens is 667 g/mol. The maximum Gasteiger partial charge on any atom is 0.264 e. The second-order valence-corrected chi connectivity index (χ2v) is 14.6. The van der Waals surface area contributed by atoms with E-state index in [1.807, 2.05) is 55.5 Å². The number of rotatable bonds is 15. The summed E-state index contributed by atoms with van der Waals surface area (Å²) in [7, 11) is 0.227. The molecule has 0 bridgehead atoms. The minimum absolute atomic E-state index is 0.00322. The summed E-state index contributed by atoms with van der Waals surface area (Å²) in [4.78, 5) is 30.7. The van der Waals surface area contributed by atoms with Gasteiger partial charge in [0.2, 0.25) is 11.8 Å². The maximum atomic E-state index is 14.9. The van der Waals surface area contributed by atoms with Crippen molar-refractivity contribution in [1.82, 2.24) is 10.2 Å². The predicted octanol–water partition coefficient (Wildman–Crippen LogP) is 6.31. The van der Waals surface area contributed by atoms with Gasteiger partial charge in [0.1, 0.15) is 18.3 Å². The Kier molecular flexibility index (Phi) is 12.6. The Balaban J connectivity index is 1.60. The van der Waals surface area contributed by atoms with Gasteiger partial charge < -0.3 is 24.4 Å². The Hall–Kier alpha value is -5.03. The molecule has 0 spiro atoms. The lowest BCUT2D eigenvalue weighted by atomic mass is 9.94. The third-order valence-electron chi connectivity index (χ3n) is 9.25. The van der Waals surface area contributed by atoms with Gasteiger partial charge in [-0.15, -0.1) is 0 Å². The number of amides is 2. The SMILES string of the molecule is COc1cccc(CN(C(=O)CN(c2ccc(OC)c(OC)c2)S(=O)(=O)c2ccc(C)cc2)[C@H](Cc2ccccc2)C(=O)NC2CCCCC2)c1. The van der Waals surface area contributed by atoms with Gasteiger partial charge in [0.25, 0.3) is 10.0 Å². The van der Waals surface area contributed by atoms with Gasteiger partial charge in [-0.05, 0) is 67.3 Å². The summed E-state index contributed by atoms with van der Waals surface area (Å²) >= 11 is 0. The largest absolute Gasteiger partial charge is 0.497 e. The van der Waals surface area contributed by atoms with Crippen molar-refractivity contribution in [2.45, 2.75) is 69.0 Å². The van der Waals surface area contributed by atoms with Crippen LogP contribution in [0.25, 0.3) is 0 Å². The smallest absolute Gasteiger partial charge is 0.264 e. The van der Waals surface area contributed by atoms with Crippen LogP contribution in [-0.2, 0) is 32.6 Å². The number of anilines is 1. The fraction of sp³-hybridized carbons (Fsp3) is 0.350. The van der Waals surface area contributed by atoms with Crippen molar-refractivity contribution in [3.63, 3.8) is 0 Å². The van der Waals surface area contributed by atoms with Crippen LogP contribution in [0.3, 0.4) is 0 Å². The van der Waals surface area contributed by atoms with E-state index in [1.165, 1.54) is 37.3 Å². The van der Waals surface area contributed by atoms with Gasteiger partial charge in [0.05, 0.1) is 31.9 Å². The number of aryl methyl sites for hydroxylation is 1. The predicted molar refractivity (Wildman–Crippen MR) is 198 cm³/mol. The molecule has 270 valence electrons. The van der Waals surface area contributed by atoms with E-state index in [4.69, 9.17) is 14.2 Å². The van der Waals surface area contributed by atoms with Crippen LogP contribution in [0, 0.1) is 6.92 Å². The minimum Gasteiger partial charge on any atom is -0.497 e. The highest BCUT2D eigenvalue weighted by Crippen LogP contribution is 2.34. The first-order chi connectivity index (χ1) is 24.6. The first-order valence-corrected chi connectivity index (χ1v) is 18.6. The van der Waals surface area contributed by atoms with Crippen molar-refractivity contribution in [2.75, 3.05) is 32.2 Å². The molecule has 4 aromatic carbocycles. The Morgan fingerprint density at radius 3 is 2.14 bits per heavy atom. The number of methoxy groups -OCH3 is 3. The molecule has 1 aliphatic carbocycles. The van der Waals surface area contributed by atoms with Crippen molar-refractivity contribution in [1.29, 1.82) is 0 Å². The number of hydrogen-bond acceptors (Lipinski definition) is 7. The molecule has 0 unspecified atom stereocenters. The van der Waals surface area contributed by atoms with Gasteiger partial charge in [0.15, 0.2) is 11.5 Å². The number of sulfonamides is 1. The number of hydrogen-bond donors (Lipinski definition) is 1. The Labute approximate surface area is 301 Å². The van der Waals surface area contributed by atoms with Gasteiger partial charge in [-0.2, -0.15) is 0 Å². The second kappa shape index (κ2) is 17.3. The minimum atomic E-state index is -4.29. The summed E-state index contributed by atoms with van der Waals surface area (Å²) < 4.78 is 46.4. The molecule has 0 radical (unpaired) electrons. The first-order valence-electron chi connectivity index (χ1n) is 17.2. The van der Waals surface area contributed by atoms with Crippen LogP contribution in [0.1, 0.15) is 48.8 Å². The summed E-state index contributed by atoms with van der Waals surface area (Å²) in [6, 6.07) is 27.1. The number of benzene rings is 4. The zero-order chi connectivity index (χ0) is 36.4. The number of carbonyl (C=O) groups is 2. The summed E-state index contributed by atoms with van der Waals surface area (Å²) in [6.07, 6.45) is 5.15. The fourth-order valence-corrected chi connectivity index (χ4v) is 7.82. The standard InChI is InChI=1S/C40H47N3O7S/c1-29-18-21-35(22-19-29)51(46,47)43(33-20-23-37(49-3)38(26-33)50-4)28-39(44)42(27-31-14-11-17-34(24-31)48-2)36(25-30-12-7-5-8-13-30)40(45)41-32-15-9-6-10-16-32/h5,7-8,11-14,17-24,26,32,36H,6,9-10,15-16,25,27-28H2,1-4H3,(H,41,45)/t36-/m1/s1. The zero-order valence-corrected chi connectivity index (χ0v) is 30.5. The van der Waals surface area contributed by atoms with Crippen molar-refractivity contribution >= 4 is 27.5 Å². The van der Waals surface area contributed by atoms with Crippen LogP contribution >= 0.6 is 0 Å². The third kappa shape index (κ3) is 9.40. The molecule has 0 saturated heterocycles. The molecular formula is C40H47N3O7S. The van der Waals surface area contributed by atoms with Crippen molar-refractivity contribution in [2.24, 2.45) is 0 Å². The molecule has 11 heteroatoms. The summed E-state index contributed by atoms with van der Waals surface area (Å²) in [5.41, 5.74) is 2.69. The van der Waals surface area contributed by atoms with Crippen LogP contribution in [-0.4, -0.2) is 65.1 Å². The maximum absolute atomic E-state index is 14.9. The molecule has 0 aromatic heterocycles. The van der Waals surface area contributed by atoms with Gasteiger partial charge >= 0.3 is 0 Å². The van der Waals surface area contributed by atoms with Gasteiger partial charge in [-0.25, -0.2) is 8.42 Å². The average molecular weight is 714 g/mol. The molecule has 2 amide bonds. The fourth-order valence-electron chi connectivity index (χ4n) is 6.41. The Bertz CT molecular complexity index is 1880. The number of nitrogens with zero attached hydrogens (tertiary/aromatic N) is 2. The first kappa shape index (κ1) is 37.2. The van der Waals surface area contributed by atoms with E-state index in [0.29, 0.717) is 17.2 Å². The van der Waals surface area contributed by atoms with Crippen LogP contribution in [0.5, 0.6) is 17.2 Å². The monoisotopic (exact) mass is 713 g/mol. The quantitative estimate of drug-likeness (QED) is 0.154. The van der Waals surface area contributed by atoms with E-state index in [-0.39, 0.29) is 35.5 Å². The van der Waals surface area contributed by atoms with Crippen molar-refractivity contribution in [3.05, 3.63) is 114 Å². The van der Waals surface area contributed by atoms with E-state index in [2.05, 4.69) is 5.32 Å². The zero-order valence-electron chi connectivity index (χ0n) is 29.7. The Morgan fingerprint density at radius 1 is 0.784 bits per heavy atom. The molecule has 1 atom stereocenters. The average Bonchev–Trinajstić information content (AvgIpc) is 3.15. The molecule has 10 nitrogen and oxygen atoms in total. The molecule has 1 fully saturated rings. The lowest BCUT2D eigenvalue weighted by Crippen LogP contribution is -2.55. The number of nitrogens with one attached hydrogen (secondary N) is 1. The normalized spacial score (nSPS) is 13.9. The van der Waals surface area contributed by atoms with Crippen LogP contribution in [0.4, 0.5) is 5.69 Å². The van der Waals surface area contributed by atoms with Gasteiger partial charge in [-0.1, -0.05) is 79.4 Å². The van der Waals surface area contributed by atoms with E-state index in [1.54, 1.807) is 37.4 Å². The topological polar surface area (TPSA) is 114 Å². The highest BCUT2D eigenvalue weighted by Gasteiger charge is 2.36. The van der Waals surface area contributed by atoms with E-state index < -0.39 is 28.5 Å². The van der Waals surface area contributed by atoms with Crippen molar-refractivity contribution < 1.29 is 32.2 Å². The summed E-state index contributed by atoms with van der Waals surface area (Å²) in [5.74, 6) is 0.472. The Morgan fingerprint density at radius 2 is 1.47 bits per heavy atom. The van der Waals surface area contributed by atoms with E-state index in [9.17, 15) is 18.0 Å². The summed E-state index contributed by atoms with van der Waals surface area (Å²) in [5, 5.41) is 3.24. The van der Waals surface area contributed by atoms with Gasteiger partial charge in [0, 0.05) is 25.1 Å². The number of ether oxygens (including phenoxy) is 3. The molecule has 51 heavy (non-hydrogen) atoms. The van der Waals surface area contributed by atoms with Crippen LogP contribution in [0.2, 0.25) is 0 Å². The van der Waals surface area contributed by atoms with E-state index >= 15 is 0 Å². The third-order valence-corrected chi connectivity index (χ3v) is 11.0. The second-order valence-electron chi connectivity index (χ2n) is 12.8. The van der Waals surface area contributed by atoms with Crippen LogP contribution in [0.15, 0.2) is 102 Å². The molecule has 5 rings (SSSR count). The highest BCUT2D eigenvalue weighted by atomic mass is 32.2. The molecule has 1 N–H and O–H groups in total. The van der Waals surface area contributed by atoms with Crippen molar-refractivity contribution in [3.8, 4) is 17.2 Å². The summed E-state index contributed by atoms with van der Waals surface area (Å²) in [6.45, 7) is 1.32. The lowest BCUT2D eigenvalue weighted by molar-refractivity contribution is -0.140. The molecule has 1 aliphatic rings.